The zero-order chi connectivity index (χ0) is 17.4. The molecule has 0 spiro atoms. The van der Waals surface area contributed by atoms with Crippen molar-refractivity contribution >= 4 is 23.2 Å². The summed E-state index contributed by atoms with van der Waals surface area (Å²) in [7, 11) is 0. The Labute approximate surface area is 148 Å². The molecule has 1 aromatic rings. The van der Waals surface area contributed by atoms with Gasteiger partial charge in [0.25, 0.3) is 0 Å². The van der Waals surface area contributed by atoms with Gasteiger partial charge in [-0.3, -0.25) is 9.59 Å². The van der Waals surface area contributed by atoms with Crippen LogP contribution in [0.1, 0.15) is 44.9 Å². The fourth-order valence-electron chi connectivity index (χ4n) is 4.47. The van der Waals surface area contributed by atoms with E-state index < -0.39 is 0 Å². The summed E-state index contributed by atoms with van der Waals surface area (Å²) in [6.07, 6.45) is 7.40. The molecular weight excluding hydrogens is 314 g/mol. The highest BCUT2D eigenvalue weighted by Gasteiger charge is 2.40. The summed E-state index contributed by atoms with van der Waals surface area (Å²) >= 11 is 0. The quantitative estimate of drug-likeness (QED) is 0.786. The van der Waals surface area contributed by atoms with Crippen LogP contribution >= 0.6 is 0 Å². The zero-order valence-electron chi connectivity index (χ0n) is 14.5. The van der Waals surface area contributed by atoms with E-state index in [9.17, 15) is 9.59 Å². The Morgan fingerprint density at radius 3 is 1.76 bits per heavy atom. The minimum Gasteiger partial charge on any atom is -0.327 e. The first-order valence-corrected chi connectivity index (χ1v) is 9.57. The first kappa shape index (κ1) is 16.6. The Bertz CT molecular complexity index is 639. The SMILES string of the molecule is NC1C2CCCC1CC(C(=O)Nc1ccc(NC(=O)C3CC3)cc1)C2. The van der Waals surface area contributed by atoms with Crippen LogP contribution in [0.15, 0.2) is 24.3 Å². The van der Waals surface area contributed by atoms with E-state index in [4.69, 9.17) is 5.73 Å². The lowest BCUT2D eigenvalue weighted by molar-refractivity contribution is -0.122. The summed E-state index contributed by atoms with van der Waals surface area (Å²) in [5, 5.41) is 5.95. The second kappa shape index (κ2) is 6.79. The van der Waals surface area contributed by atoms with Crippen molar-refractivity contribution in [1.29, 1.82) is 0 Å². The number of amides is 2. The normalized spacial score (nSPS) is 31.2. The molecule has 3 aliphatic rings. The monoisotopic (exact) mass is 341 g/mol. The van der Waals surface area contributed by atoms with Crippen molar-refractivity contribution in [3.8, 4) is 0 Å². The average molecular weight is 341 g/mol. The van der Waals surface area contributed by atoms with Crippen molar-refractivity contribution < 1.29 is 9.59 Å². The molecule has 25 heavy (non-hydrogen) atoms. The van der Waals surface area contributed by atoms with E-state index in [0.717, 1.165) is 49.9 Å². The van der Waals surface area contributed by atoms with Crippen LogP contribution in [0.25, 0.3) is 0 Å². The third kappa shape index (κ3) is 3.71. The molecule has 0 saturated heterocycles. The van der Waals surface area contributed by atoms with Gasteiger partial charge in [-0.25, -0.2) is 0 Å². The van der Waals surface area contributed by atoms with E-state index in [-0.39, 0.29) is 29.7 Å². The number of anilines is 2. The molecule has 3 aliphatic carbocycles. The Morgan fingerprint density at radius 2 is 1.28 bits per heavy atom. The molecule has 2 unspecified atom stereocenters. The standard InChI is InChI=1S/C20H27N3O2/c21-18-13-2-1-3-14(18)11-15(10-13)20(25)23-17-8-6-16(7-9-17)22-19(24)12-4-5-12/h6-9,12-15,18H,1-5,10-11,21H2,(H,22,24)(H,23,25). The number of rotatable bonds is 4. The fourth-order valence-corrected chi connectivity index (χ4v) is 4.47. The Hall–Kier alpha value is -1.88. The lowest BCUT2D eigenvalue weighted by Crippen LogP contribution is -2.48. The molecule has 0 aromatic heterocycles. The van der Waals surface area contributed by atoms with Gasteiger partial charge in [-0.2, -0.15) is 0 Å². The van der Waals surface area contributed by atoms with Gasteiger partial charge in [-0.1, -0.05) is 6.42 Å². The average Bonchev–Trinajstić information content (AvgIpc) is 3.41. The van der Waals surface area contributed by atoms with Crippen LogP contribution < -0.4 is 16.4 Å². The Morgan fingerprint density at radius 1 is 0.800 bits per heavy atom. The van der Waals surface area contributed by atoms with Crippen LogP contribution in [0.2, 0.25) is 0 Å². The van der Waals surface area contributed by atoms with Crippen molar-refractivity contribution in [2.75, 3.05) is 10.6 Å². The summed E-state index contributed by atoms with van der Waals surface area (Å²) in [5.74, 6) is 1.48. The van der Waals surface area contributed by atoms with Crippen molar-refractivity contribution in [1.82, 2.24) is 0 Å². The van der Waals surface area contributed by atoms with Crippen LogP contribution in [-0.4, -0.2) is 17.9 Å². The smallest absolute Gasteiger partial charge is 0.227 e. The molecule has 2 atom stereocenters. The van der Waals surface area contributed by atoms with Crippen LogP contribution in [-0.2, 0) is 9.59 Å². The molecule has 3 fully saturated rings. The maximum atomic E-state index is 12.6. The van der Waals surface area contributed by atoms with Gasteiger partial charge < -0.3 is 16.4 Å². The van der Waals surface area contributed by atoms with Gasteiger partial charge in [0.2, 0.25) is 11.8 Å². The van der Waals surface area contributed by atoms with E-state index >= 15 is 0 Å². The van der Waals surface area contributed by atoms with E-state index in [1.165, 1.54) is 6.42 Å². The molecular formula is C20H27N3O2. The van der Waals surface area contributed by atoms with E-state index in [1.807, 2.05) is 24.3 Å². The molecule has 0 radical (unpaired) electrons. The van der Waals surface area contributed by atoms with Gasteiger partial charge in [0.15, 0.2) is 0 Å². The summed E-state index contributed by atoms with van der Waals surface area (Å²) in [5.41, 5.74) is 7.89. The Kier molecular flexibility index (Phi) is 4.50. The fraction of sp³-hybridized carbons (Fsp3) is 0.600. The van der Waals surface area contributed by atoms with Crippen molar-refractivity contribution in [3.05, 3.63) is 24.3 Å². The van der Waals surface area contributed by atoms with Crippen molar-refractivity contribution in [2.45, 2.75) is 51.0 Å². The van der Waals surface area contributed by atoms with Crippen LogP contribution in [0.4, 0.5) is 11.4 Å². The van der Waals surface area contributed by atoms with Gasteiger partial charge in [-0.05, 0) is 74.6 Å². The lowest BCUT2D eigenvalue weighted by atomic mass is 9.65. The highest BCUT2D eigenvalue weighted by Crippen LogP contribution is 2.42. The molecule has 0 aliphatic heterocycles. The predicted octanol–water partition coefficient (Wildman–Crippen LogP) is 3.13. The van der Waals surface area contributed by atoms with Crippen LogP contribution in [0, 0.1) is 23.7 Å². The van der Waals surface area contributed by atoms with E-state index in [0.29, 0.717) is 11.8 Å². The first-order chi connectivity index (χ1) is 12.1. The van der Waals surface area contributed by atoms with E-state index in [2.05, 4.69) is 10.6 Å². The molecule has 2 bridgehead atoms. The topological polar surface area (TPSA) is 84.2 Å². The lowest BCUT2D eigenvalue weighted by Gasteiger charge is -2.43. The summed E-state index contributed by atoms with van der Waals surface area (Å²) < 4.78 is 0. The second-order valence-electron chi connectivity index (χ2n) is 8.03. The van der Waals surface area contributed by atoms with Crippen molar-refractivity contribution in [3.63, 3.8) is 0 Å². The molecule has 1 aromatic carbocycles. The zero-order valence-corrected chi connectivity index (χ0v) is 14.5. The molecule has 2 amide bonds. The molecule has 5 heteroatoms. The third-order valence-electron chi connectivity index (χ3n) is 6.15. The third-order valence-corrected chi connectivity index (χ3v) is 6.15. The van der Waals surface area contributed by atoms with Gasteiger partial charge in [0.1, 0.15) is 0 Å². The highest BCUT2D eigenvalue weighted by atomic mass is 16.2. The van der Waals surface area contributed by atoms with E-state index in [1.54, 1.807) is 0 Å². The van der Waals surface area contributed by atoms with Crippen LogP contribution in [0.5, 0.6) is 0 Å². The minimum atomic E-state index is 0.0735. The largest absolute Gasteiger partial charge is 0.327 e. The summed E-state index contributed by atoms with van der Waals surface area (Å²) in [6, 6.07) is 7.70. The Balaban J connectivity index is 1.33. The number of fused-ring (bicyclic) bond motifs is 2. The number of hydrogen-bond donors (Lipinski definition) is 3. The van der Waals surface area contributed by atoms with Crippen LogP contribution in [0.3, 0.4) is 0 Å². The second-order valence-corrected chi connectivity index (χ2v) is 8.03. The maximum Gasteiger partial charge on any atom is 0.227 e. The molecule has 4 rings (SSSR count). The number of benzene rings is 1. The van der Waals surface area contributed by atoms with Crippen molar-refractivity contribution in [2.24, 2.45) is 29.4 Å². The predicted molar refractivity (Wildman–Crippen MR) is 98.0 cm³/mol. The first-order valence-electron chi connectivity index (χ1n) is 9.57. The molecule has 0 heterocycles. The van der Waals surface area contributed by atoms with Gasteiger partial charge in [0, 0.05) is 29.3 Å². The number of nitrogens with two attached hydrogens (primary N) is 1. The number of carbonyl (C=O) groups excluding carboxylic acids is 2. The summed E-state index contributed by atoms with van der Waals surface area (Å²) in [6.45, 7) is 0. The van der Waals surface area contributed by atoms with Gasteiger partial charge >= 0.3 is 0 Å². The van der Waals surface area contributed by atoms with Gasteiger partial charge in [-0.15, -0.1) is 0 Å². The maximum absolute atomic E-state index is 12.6. The number of carbonyl (C=O) groups is 2. The molecule has 4 N–H and O–H groups in total. The molecule has 3 saturated carbocycles. The molecule has 5 nitrogen and oxygen atoms in total. The highest BCUT2D eigenvalue weighted by molar-refractivity contribution is 5.95. The summed E-state index contributed by atoms with van der Waals surface area (Å²) in [4.78, 5) is 24.4. The number of hydrogen-bond acceptors (Lipinski definition) is 3. The molecule has 134 valence electrons. The minimum absolute atomic E-state index is 0.0735. The number of nitrogens with one attached hydrogen (secondary N) is 2. The van der Waals surface area contributed by atoms with Gasteiger partial charge in [0.05, 0.1) is 0 Å².